The Balaban J connectivity index is 1.58. The van der Waals surface area contributed by atoms with Crippen molar-refractivity contribution in [1.29, 1.82) is 0 Å². The molecule has 0 atom stereocenters. The molecule has 24 heavy (non-hydrogen) atoms. The lowest BCUT2D eigenvalue weighted by Crippen LogP contribution is -2.21. The largest absolute Gasteiger partial charge is 0.372 e. The summed E-state index contributed by atoms with van der Waals surface area (Å²) in [6.45, 7) is 4.15. The summed E-state index contributed by atoms with van der Waals surface area (Å²) in [7, 11) is 4.11. The van der Waals surface area contributed by atoms with Crippen molar-refractivity contribution in [3.63, 3.8) is 0 Å². The summed E-state index contributed by atoms with van der Waals surface area (Å²) < 4.78 is 0. The van der Waals surface area contributed by atoms with Gasteiger partial charge in [0.15, 0.2) is 0 Å². The van der Waals surface area contributed by atoms with Crippen LogP contribution >= 0.6 is 0 Å². The zero-order chi connectivity index (χ0) is 16.8. The second-order valence-corrected chi connectivity index (χ2v) is 6.38. The van der Waals surface area contributed by atoms with E-state index in [0.29, 0.717) is 0 Å². The predicted molar refractivity (Wildman–Crippen MR) is 100 cm³/mol. The number of nitrogens with one attached hydrogen (secondary N) is 2. The minimum atomic E-state index is 0.797. The first-order valence-corrected chi connectivity index (χ1v) is 8.53. The fourth-order valence-corrected chi connectivity index (χ4v) is 2.81. The number of benzene rings is 1. The molecule has 0 amide bonds. The highest BCUT2D eigenvalue weighted by atomic mass is 15.1. The number of aromatic nitrogens is 2. The minimum Gasteiger partial charge on any atom is -0.372 e. The van der Waals surface area contributed by atoms with Gasteiger partial charge in [0.25, 0.3) is 0 Å². The molecule has 0 saturated carbocycles. The first-order chi connectivity index (χ1) is 11.7. The predicted octanol–water partition coefficient (Wildman–Crippen LogP) is 2.79. The van der Waals surface area contributed by atoms with E-state index in [0.717, 1.165) is 30.4 Å². The van der Waals surface area contributed by atoms with Crippen molar-refractivity contribution in [1.82, 2.24) is 14.9 Å². The van der Waals surface area contributed by atoms with Crippen molar-refractivity contribution >= 4 is 23.0 Å². The van der Waals surface area contributed by atoms with E-state index >= 15 is 0 Å². The Kier molecular flexibility index (Phi) is 5.48. The standard InChI is InChI=1S/C18H26N6/c1-23(2)12-9-19-17-13-18(21-14-20-17)22-15-5-7-16(8-6-15)24-10-3-4-11-24/h5-8,13-14H,3-4,9-12H2,1-2H3,(H2,19,20,21,22). The topological polar surface area (TPSA) is 56.3 Å². The summed E-state index contributed by atoms with van der Waals surface area (Å²) in [6.07, 6.45) is 4.17. The second-order valence-electron chi connectivity index (χ2n) is 6.38. The molecule has 1 aliphatic heterocycles. The van der Waals surface area contributed by atoms with Crippen LogP contribution in [-0.4, -0.2) is 55.1 Å². The summed E-state index contributed by atoms with van der Waals surface area (Å²) in [6, 6.07) is 10.5. The molecule has 1 aliphatic rings. The molecule has 2 N–H and O–H groups in total. The van der Waals surface area contributed by atoms with Crippen LogP contribution in [0.5, 0.6) is 0 Å². The average molecular weight is 326 g/mol. The van der Waals surface area contributed by atoms with E-state index in [1.807, 2.05) is 6.07 Å². The van der Waals surface area contributed by atoms with Crippen molar-refractivity contribution in [2.45, 2.75) is 12.8 Å². The van der Waals surface area contributed by atoms with E-state index in [-0.39, 0.29) is 0 Å². The Morgan fingerprint density at radius 3 is 2.46 bits per heavy atom. The first-order valence-electron chi connectivity index (χ1n) is 8.53. The highest BCUT2D eigenvalue weighted by molar-refractivity contribution is 5.62. The third-order valence-electron chi connectivity index (χ3n) is 4.14. The van der Waals surface area contributed by atoms with Crippen LogP contribution in [0.1, 0.15) is 12.8 Å². The molecular weight excluding hydrogens is 300 g/mol. The molecule has 1 aromatic carbocycles. The molecule has 0 aliphatic carbocycles. The molecule has 2 aromatic rings. The van der Waals surface area contributed by atoms with Gasteiger partial charge >= 0.3 is 0 Å². The molecule has 6 nitrogen and oxygen atoms in total. The van der Waals surface area contributed by atoms with Gasteiger partial charge in [-0.05, 0) is 51.2 Å². The molecule has 1 fully saturated rings. The smallest absolute Gasteiger partial charge is 0.135 e. The molecule has 1 aromatic heterocycles. The van der Waals surface area contributed by atoms with Crippen molar-refractivity contribution in [2.24, 2.45) is 0 Å². The number of rotatable bonds is 7. The van der Waals surface area contributed by atoms with E-state index in [9.17, 15) is 0 Å². The molecule has 2 heterocycles. The Bertz CT molecular complexity index is 634. The lowest BCUT2D eigenvalue weighted by molar-refractivity contribution is 0.425. The average Bonchev–Trinajstić information content (AvgIpc) is 3.10. The van der Waals surface area contributed by atoms with Gasteiger partial charge in [-0.25, -0.2) is 9.97 Å². The number of likely N-dealkylation sites (N-methyl/N-ethyl adjacent to an activating group) is 1. The van der Waals surface area contributed by atoms with Crippen molar-refractivity contribution in [3.05, 3.63) is 36.7 Å². The van der Waals surface area contributed by atoms with Crippen molar-refractivity contribution in [3.8, 4) is 0 Å². The first kappa shape index (κ1) is 16.5. The molecule has 0 spiro atoms. The maximum absolute atomic E-state index is 4.29. The number of anilines is 4. The molecule has 3 rings (SSSR count). The van der Waals surface area contributed by atoms with E-state index in [1.54, 1.807) is 6.33 Å². The van der Waals surface area contributed by atoms with E-state index in [2.05, 4.69) is 68.8 Å². The molecular formula is C18H26N6. The van der Waals surface area contributed by atoms with E-state index in [1.165, 1.54) is 31.6 Å². The number of hydrogen-bond acceptors (Lipinski definition) is 6. The summed E-state index contributed by atoms with van der Waals surface area (Å²) in [5, 5.41) is 6.65. The van der Waals surface area contributed by atoms with Crippen LogP contribution in [0, 0.1) is 0 Å². The van der Waals surface area contributed by atoms with Crippen LogP contribution in [0.4, 0.5) is 23.0 Å². The van der Waals surface area contributed by atoms with Gasteiger partial charge in [0.2, 0.25) is 0 Å². The van der Waals surface area contributed by atoms with Crippen LogP contribution in [0.25, 0.3) is 0 Å². The van der Waals surface area contributed by atoms with E-state index < -0.39 is 0 Å². The zero-order valence-corrected chi connectivity index (χ0v) is 14.5. The Hall–Kier alpha value is -2.34. The number of hydrogen-bond donors (Lipinski definition) is 2. The summed E-state index contributed by atoms with van der Waals surface area (Å²) in [4.78, 5) is 13.1. The third kappa shape index (κ3) is 4.58. The fraction of sp³-hybridized carbons (Fsp3) is 0.444. The fourth-order valence-electron chi connectivity index (χ4n) is 2.81. The SMILES string of the molecule is CN(C)CCNc1cc(Nc2ccc(N3CCCC3)cc2)ncn1. The van der Waals surface area contributed by atoms with Crippen LogP contribution in [0.2, 0.25) is 0 Å². The summed E-state index contributed by atoms with van der Waals surface area (Å²) >= 11 is 0. The Labute approximate surface area is 143 Å². The van der Waals surface area contributed by atoms with Crippen LogP contribution < -0.4 is 15.5 Å². The monoisotopic (exact) mass is 326 g/mol. The lowest BCUT2D eigenvalue weighted by Gasteiger charge is -2.18. The summed E-state index contributed by atoms with van der Waals surface area (Å²) in [5.74, 6) is 1.63. The van der Waals surface area contributed by atoms with Gasteiger partial charge in [0, 0.05) is 43.6 Å². The highest BCUT2D eigenvalue weighted by Crippen LogP contribution is 2.23. The third-order valence-corrected chi connectivity index (χ3v) is 4.14. The highest BCUT2D eigenvalue weighted by Gasteiger charge is 2.11. The molecule has 6 heteroatoms. The number of nitrogens with zero attached hydrogens (tertiary/aromatic N) is 4. The molecule has 0 bridgehead atoms. The Morgan fingerprint density at radius 2 is 1.75 bits per heavy atom. The van der Waals surface area contributed by atoms with Gasteiger partial charge < -0.3 is 20.4 Å². The van der Waals surface area contributed by atoms with Gasteiger partial charge in [-0.15, -0.1) is 0 Å². The van der Waals surface area contributed by atoms with Crippen molar-refractivity contribution < 1.29 is 0 Å². The van der Waals surface area contributed by atoms with Gasteiger partial charge in [-0.1, -0.05) is 0 Å². The van der Waals surface area contributed by atoms with E-state index in [4.69, 9.17) is 0 Å². The second kappa shape index (κ2) is 7.97. The minimum absolute atomic E-state index is 0.797. The van der Waals surface area contributed by atoms with Crippen LogP contribution in [-0.2, 0) is 0 Å². The van der Waals surface area contributed by atoms with Gasteiger partial charge in [0.05, 0.1) is 0 Å². The quantitative estimate of drug-likeness (QED) is 0.816. The normalized spacial score (nSPS) is 14.2. The Morgan fingerprint density at radius 1 is 1.04 bits per heavy atom. The van der Waals surface area contributed by atoms with Crippen LogP contribution in [0.3, 0.4) is 0 Å². The maximum Gasteiger partial charge on any atom is 0.135 e. The molecule has 128 valence electrons. The van der Waals surface area contributed by atoms with Crippen LogP contribution in [0.15, 0.2) is 36.7 Å². The summed E-state index contributed by atoms with van der Waals surface area (Å²) in [5.41, 5.74) is 2.34. The molecule has 0 radical (unpaired) electrons. The maximum atomic E-state index is 4.29. The zero-order valence-electron chi connectivity index (χ0n) is 14.5. The lowest BCUT2D eigenvalue weighted by atomic mass is 10.2. The molecule has 1 saturated heterocycles. The molecule has 0 unspecified atom stereocenters. The van der Waals surface area contributed by atoms with Gasteiger partial charge in [-0.2, -0.15) is 0 Å². The van der Waals surface area contributed by atoms with Gasteiger partial charge in [0.1, 0.15) is 18.0 Å². The van der Waals surface area contributed by atoms with Gasteiger partial charge in [-0.3, -0.25) is 0 Å². The van der Waals surface area contributed by atoms with Crippen molar-refractivity contribution in [2.75, 3.05) is 55.8 Å².